The number of benzene rings is 1. The second-order valence-corrected chi connectivity index (χ2v) is 6.81. The minimum atomic E-state index is 0.210. The summed E-state index contributed by atoms with van der Waals surface area (Å²) >= 11 is 0. The van der Waals surface area contributed by atoms with Crippen molar-refractivity contribution < 1.29 is 0 Å². The van der Waals surface area contributed by atoms with E-state index >= 15 is 0 Å². The Morgan fingerprint density at radius 1 is 1.06 bits per heavy atom. The Bertz CT molecular complexity index is 389. The van der Waals surface area contributed by atoms with Crippen molar-refractivity contribution in [2.24, 2.45) is 5.92 Å². The number of nitrogens with one attached hydrogen (secondary N) is 1. The fourth-order valence-electron chi connectivity index (χ4n) is 2.99. The molecule has 0 saturated heterocycles. The van der Waals surface area contributed by atoms with Crippen LogP contribution >= 0.6 is 0 Å². The van der Waals surface area contributed by atoms with Crippen LogP contribution < -0.4 is 5.32 Å². The Labute approximate surface area is 112 Å². The quantitative estimate of drug-likeness (QED) is 0.775. The summed E-state index contributed by atoms with van der Waals surface area (Å²) in [6.07, 6.45) is 5.47. The molecule has 18 heavy (non-hydrogen) atoms. The lowest BCUT2D eigenvalue weighted by Gasteiger charge is -2.33. The zero-order chi connectivity index (χ0) is 13.2. The van der Waals surface area contributed by atoms with Crippen LogP contribution in [0, 0.1) is 5.92 Å². The molecule has 0 bridgehead atoms. The third kappa shape index (κ3) is 3.07. The molecule has 100 valence electrons. The van der Waals surface area contributed by atoms with Gasteiger partial charge in [-0.1, -0.05) is 58.7 Å². The first-order chi connectivity index (χ1) is 8.48. The Balaban J connectivity index is 2.18. The van der Waals surface area contributed by atoms with Crippen LogP contribution in [0.1, 0.15) is 58.9 Å². The van der Waals surface area contributed by atoms with E-state index < -0.39 is 0 Å². The lowest BCUT2D eigenvalue weighted by atomic mass is 9.83. The molecule has 0 amide bonds. The predicted molar refractivity (Wildman–Crippen MR) is 80.2 cm³/mol. The molecule has 1 heteroatoms. The normalized spacial score (nSPS) is 24.9. The van der Waals surface area contributed by atoms with E-state index in [9.17, 15) is 0 Å². The Morgan fingerprint density at radius 2 is 1.72 bits per heavy atom. The van der Waals surface area contributed by atoms with Crippen molar-refractivity contribution in [1.82, 2.24) is 0 Å². The Morgan fingerprint density at radius 3 is 2.39 bits per heavy atom. The van der Waals surface area contributed by atoms with Crippen LogP contribution in [0.5, 0.6) is 0 Å². The van der Waals surface area contributed by atoms with Crippen molar-refractivity contribution >= 4 is 5.69 Å². The predicted octanol–water partition coefficient (Wildman–Crippen LogP) is 4.97. The molecule has 0 aliphatic heterocycles. The smallest absolute Gasteiger partial charge is 0.0380 e. The summed E-state index contributed by atoms with van der Waals surface area (Å²) in [5.74, 6) is 0.798. The molecule has 0 heterocycles. The molecule has 1 saturated carbocycles. The third-order valence-corrected chi connectivity index (χ3v) is 4.19. The average molecular weight is 245 g/mol. The zero-order valence-electron chi connectivity index (χ0n) is 12.3. The lowest BCUT2D eigenvalue weighted by Crippen LogP contribution is -2.31. The van der Waals surface area contributed by atoms with Crippen LogP contribution in [0.25, 0.3) is 0 Å². The summed E-state index contributed by atoms with van der Waals surface area (Å²) in [4.78, 5) is 0. The second-order valence-electron chi connectivity index (χ2n) is 6.81. The van der Waals surface area contributed by atoms with Crippen LogP contribution in [0.4, 0.5) is 5.69 Å². The highest BCUT2D eigenvalue weighted by Crippen LogP contribution is 2.32. The van der Waals surface area contributed by atoms with Gasteiger partial charge >= 0.3 is 0 Å². The van der Waals surface area contributed by atoms with Crippen molar-refractivity contribution in [3.8, 4) is 0 Å². The first kappa shape index (κ1) is 13.5. The van der Waals surface area contributed by atoms with Gasteiger partial charge in [0.15, 0.2) is 0 Å². The summed E-state index contributed by atoms with van der Waals surface area (Å²) in [5, 5.41) is 3.81. The van der Waals surface area contributed by atoms with Gasteiger partial charge in [0.05, 0.1) is 0 Å². The summed E-state index contributed by atoms with van der Waals surface area (Å²) in [6.45, 7) is 9.25. The first-order valence-corrected chi connectivity index (χ1v) is 7.34. The summed E-state index contributed by atoms with van der Waals surface area (Å²) in [6, 6.07) is 9.45. The van der Waals surface area contributed by atoms with Crippen LogP contribution in [-0.2, 0) is 5.41 Å². The Kier molecular flexibility index (Phi) is 3.99. The zero-order valence-corrected chi connectivity index (χ0v) is 12.3. The third-order valence-electron chi connectivity index (χ3n) is 4.19. The van der Waals surface area contributed by atoms with Crippen molar-refractivity contribution in [3.05, 3.63) is 29.8 Å². The SMILES string of the molecule is CC1CCCCC1Nc1ccccc1C(C)(C)C. The molecule has 2 unspecified atom stereocenters. The van der Waals surface area contributed by atoms with E-state index in [2.05, 4.69) is 57.3 Å². The van der Waals surface area contributed by atoms with E-state index in [-0.39, 0.29) is 5.41 Å². The van der Waals surface area contributed by atoms with E-state index in [0.29, 0.717) is 6.04 Å². The van der Waals surface area contributed by atoms with Gasteiger partial charge in [-0.15, -0.1) is 0 Å². The minimum absolute atomic E-state index is 0.210. The number of anilines is 1. The number of hydrogen-bond donors (Lipinski definition) is 1. The molecular weight excluding hydrogens is 218 g/mol. The first-order valence-electron chi connectivity index (χ1n) is 7.34. The molecule has 1 aliphatic rings. The fraction of sp³-hybridized carbons (Fsp3) is 0.647. The molecular formula is C17H27N. The van der Waals surface area contributed by atoms with Crippen LogP contribution in [0.2, 0.25) is 0 Å². The highest BCUT2D eigenvalue weighted by atomic mass is 14.9. The van der Waals surface area contributed by atoms with Crippen molar-refractivity contribution in [2.75, 3.05) is 5.32 Å². The molecule has 0 radical (unpaired) electrons. The molecule has 0 spiro atoms. The van der Waals surface area contributed by atoms with Gasteiger partial charge in [0, 0.05) is 11.7 Å². The van der Waals surface area contributed by atoms with E-state index in [4.69, 9.17) is 0 Å². The lowest BCUT2D eigenvalue weighted by molar-refractivity contribution is 0.349. The van der Waals surface area contributed by atoms with Crippen LogP contribution in [0.3, 0.4) is 0 Å². The van der Waals surface area contributed by atoms with Gasteiger partial charge in [-0.2, -0.15) is 0 Å². The van der Waals surface area contributed by atoms with Crippen molar-refractivity contribution in [1.29, 1.82) is 0 Å². The molecule has 1 aliphatic carbocycles. The highest BCUT2D eigenvalue weighted by Gasteiger charge is 2.23. The van der Waals surface area contributed by atoms with Gasteiger partial charge in [-0.25, -0.2) is 0 Å². The van der Waals surface area contributed by atoms with Gasteiger partial charge in [-0.05, 0) is 35.8 Å². The monoisotopic (exact) mass is 245 g/mol. The van der Waals surface area contributed by atoms with Gasteiger partial charge in [0.2, 0.25) is 0 Å². The maximum absolute atomic E-state index is 3.81. The maximum atomic E-state index is 3.81. The maximum Gasteiger partial charge on any atom is 0.0380 e. The summed E-state index contributed by atoms with van der Waals surface area (Å²) < 4.78 is 0. The summed E-state index contributed by atoms with van der Waals surface area (Å²) in [5.41, 5.74) is 2.98. The molecule has 1 aromatic rings. The van der Waals surface area contributed by atoms with Crippen molar-refractivity contribution in [3.63, 3.8) is 0 Å². The fourth-order valence-corrected chi connectivity index (χ4v) is 2.99. The molecule has 1 nitrogen and oxygen atoms in total. The topological polar surface area (TPSA) is 12.0 Å². The number of rotatable bonds is 2. The highest BCUT2D eigenvalue weighted by molar-refractivity contribution is 5.54. The molecule has 0 aromatic heterocycles. The van der Waals surface area contributed by atoms with E-state index in [1.807, 2.05) is 0 Å². The molecule has 1 N–H and O–H groups in total. The summed E-state index contributed by atoms with van der Waals surface area (Å²) in [7, 11) is 0. The average Bonchev–Trinajstić information content (AvgIpc) is 2.31. The Hall–Kier alpha value is -0.980. The van der Waals surface area contributed by atoms with E-state index in [1.54, 1.807) is 0 Å². The molecule has 1 fully saturated rings. The van der Waals surface area contributed by atoms with E-state index in [1.165, 1.54) is 36.9 Å². The van der Waals surface area contributed by atoms with Crippen LogP contribution in [0.15, 0.2) is 24.3 Å². The molecule has 1 aromatic carbocycles. The van der Waals surface area contributed by atoms with Gasteiger partial charge in [0.25, 0.3) is 0 Å². The number of para-hydroxylation sites is 1. The second kappa shape index (κ2) is 5.34. The molecule has 2 rings (SSSR count). The number of hydrogen-bond acceptors (Lipinski definition) is 1. The van der Waals surface area contributed by atoms with Gasteiger partial charge in [-0.3, -0.25) is 0 Å². The van der Waals surface area contributed by atoms with Crippen LogP contribution in [-0.4, -0.2) is 6.04 Å². The largest absolute Gasteiger partial charge is 0.382 e. The van der Waals surface area contributed by atoms with Gasteiger partial charge < -0.3 is 5.32 Å². The minimum Gasteiger partial charge on any atom is -0.382 e. The van der Waals surface area contributed by atoms with Crippen molar-refractivity contribution in [2.45, 2.75) is 64.8 Å². The molecule has 2 atom stereocenters. The van der Waals surface area contributed by atoms with Gasteiger partial charge in [0.1, 0.15) is 0 Å². The standard InChI is InChI=1S/C17H27N/c1-13-9-5-7-11-15(13)18-16-12-8-6-10-14(16)17(2,3)4/h6,8,10,12-13,15,18H,5,7,9,11H2,1-4H3. The van der Waals surface area contributed by atoms with E-state index in [0.717, 1.165) is 5.92 Å².